The summed E-state index contributed by atoms with van der Waals surface area (Å²) in [5, 5.41) is 18.7. The summed E-state index contributed by atoms with van der Waals surface area (Å²) in [5.41, 5.74) is 0.203. The summed E-state index contributed by atoms with van der Waals surface area (Å²) in [6.45, 7) is 0. The van der Waals surface area contributed by atoms with Crippen molar-refractivity contribution >= 4 is 49.1 Å². The molecule has 0 saturated carbocycles. The van der Waals surface area contributed by atoms with Crippen molar-refractivity contribution < 1.29 is 21.8 Å². The lowest BCUT2D eigenvalue weighted by Crippen LogP contribution is -2.43. The van der Waals surface area contributed by atoms with Crippen LogP contribution in [-0.4, -0.2) is 27.9 Å². The van der Waals surface area contributed by atoms with Crippen LogP contribution in [0.1, 0.15) is 5.56 Å². The number of para-hydroxylation sites is 1. The van der Waals surface area contributed by atoms with E-state index in [-0.39, 0.29) is 26.9 Å². The van der Waals surface area contributed by atoms with Crippen LogP contribution in [0.4, 0.5) is 11.4 Å². The molecule has 1 atom stereocenters. The minimum absolute atomic E-state index is 0.0633. The molecule has 1 unspecified atom stereocenters. The molecule has 0 radical (unpaired) electrons. The zero-order valence-corrected chi connectivity index (χ0v) is 16.3. The summed E-state index contributed by atoms with van der Waals surface area (Å²) < 4.78 is 50.4. The monoisotopic (exact) mass is 444 g/mol. The molecule has 2 aromatic rings. The molecule has 1 heterocycles. The maximum atomic E-state index is 12.5. The van der Waals surface area contributed by atoms with Gasteiger partial charge in [0.05, 0.1) is 21.2 Å². The maximum absolute atomic E-state index is 12.5. The first-order chi connectivity index (χ1) is 13.0. The van der Waals surface area contributed by atoms with E-state index in [2.05, 4.69) is 10.0 Å². The molecule has 0 spiro atoms. The first-order valence-electron chi connectivity index (χ1n) is 7.56. The second kappa shape index (κ2) is 7.14. The molecule has 2 aromatic carbocycles. The van der Waals surface area contributed by atoms with Gasteiger partial charge >= 0.3 is 0 Å². The molecule has 13 heteroatoms. The van der Waals surface area contributed by atoms with E-state index in [4.69, 9.17) is 16.7 Å². The number of primary sulfonamides is 1. The van der Waals surface area contributed by atoms with Gasteiger partial charge in [-0.25, -0.2) is 22.0 Å². The highest BCUT2D eigenvalue weighted by molar-refractivity contribution is 7.90. The third kappa shape index (κ3) is 4.00. The van der Waals surface area contributed by atoms with Crippen LogP contribution in [0.15, 0.2) is 52.3 Å². The molecule has 28 heavy (non-hydrogen) atoms. The van der Waals surface area contributed by atoms with E-state index in [1.54, 1.807) is 6.07 Å². The predicted octanol–water partition coefficient (Wildman–Crippen LogP) is 1.64. The Kier molecular flexibility index (Phi) is 5.16. The van der Waals surface area contributed by atoms with E-state index in [1.807, 2.05) is 0 Å². The van der Waals surface area contributed by atoms with Crippen LogP contribution in [0.2, 0.25) is 5.02 Å². The summed E-state index contributed by atoms with van der Waals surface area (Å²) >= 11 is 5.91. The molecule has 3 rings (SSSR count). The van der Waals surface area contributed by atoms with Crippen molar-refractivity contribution in [2.24, 2.45) is 5.14 Å². The minimum Gasteiger partial charge on any atom is -0.365 e. The Bertz CT molecular complexity index is 1210. The maximum Gasteiger partial charge on any atom is 0.276 e. The van der Waals surface area contributed by atoms with Crippen LogP contribution in [0, 0.1) is 10.1 Å². The number of sulfonamides is 2. The van der Waals surface area contributed by atoms with Crippen LogP contribution < -0.4 is 15.2 Å². The topological polar surface area (TPSA) is 162 Å². The number of hydrogen-bond donors (Lipinski definition) is 3. The average molecular weight is 445 g/mol. The first-order valence-corrected chi connectivity index (χ1v) is 11.0. The molecule has 0 aromatic heterocycles. The molecule has 0 fully saturated rings. The minimum atomic E-state index is -4.22. The van der Waals surface area contributed by atoms with Gasteiger partial charge in [0.15, 0.2) is 0 Å². The largest absolute Gasteiger partial charge is 0.365 e. The number of fused-ring (bicyclic) bond motifs is 1. The Labute approximate surface area is 165 Å². The lowest BCUT2D eigenvalue weighted by Gasteiger charge is -2.26. The summed E-state index contributed by atoms with van der Waals surface area (Å²) in [4.78, 5) is 9.65. The Balaban J connectivity index is 1.99. The highest BCUT2D eigenvalue weighted by atomic mass is 35.5. The van der Waals surface area contributed by atoms with Crippen molar-refractivity contribution in [3.63, 3.8) is 0 Å². The van der Waals surface area contributed by atoms with E-state index in [1.165, 1.54) is 30.4 Å². The molecular weight excluding hydrogens is 432 g/mol. The number of nitrogens with zero attached hydrogens (tertiary/aromatic N) is 1. The fourth-order valence-electron chi connectivity index (χ4n) is 2.60. The zero-order chi connectivity index (χ0) is 20.7. The SMILES string of the molecule is NS(=O)(=O)c1cc2c(cc1Cl)NC(/C=C/c1ccccc1[N+](=O)[O-])NS2(=O)=O. The predicted molar refractivity (Wildman–Crippen MR) is 103 cm³/mol. The fraction of sp³-hybridized carbons (Fsp3) is 0.0667. The van der Waals surface area contributed by atoms with Gasteiger partial charge < -0.3 is 5.32 Å². The number of anilines is 1. The van der Waals surface area contributed by atoms with Crippen molar-refractivity contribution in [1.29, 1.82) is 0 Å². The Hall–Kier alpha value is -2.51. The fourth-order valence-corrected chi connectivity index (χ4v) is 5.05. The molecule has 0 aliphatic carbocycles. The lowest BCUT2D eigenvalue weighted by atomic mass is 10.1. The number of hydrogen-bond acceptors (Lipinski definition) is 7. The Morgan fingerprint density at radius 3 is 2.57 bits per heavy atom. The molecule has 1 aliphatic rings. The summed E-state index contributed by atoms with van der Waals surface area (Å²) in [7, 11) is -8.32. The number of halogens is 1. The Morgan fingerprint density at radius 1 is 1.25 bits per heavy atom. The third-order valence-corrected chi connectivity index (χ3v) is 6.68. The number of rotatable bonds is 4. The first kappa shape index (κ1) is 20.2. The van der Waals surface area contributed by atoms with Gasteiger partial charge in [-0.1, -0.05) is 23.7 Å². The number of nitro benzene ring substituents is 1. The van der Waals surface area contributed by atoms with Gasteiger partial charge in [-0.05, 0) is 30.4 Å². The standard InChI is InChI=1S/C15H13ClN4O6S2/c16-10-7-11-14(8-13(10)27(17,23)24)28(25,26)19-15(18-11)6-5-9-3-1-2-4-12(9)20(21)22/h1-8,15,18-19H,(H2,17,23,24)/b6-5+. The second-order valence-electron chi connectivity index (χ2n) is 5.74. The van der Waals surface area contributed by atoms with Crippen LogP contribution in [-0.2, 0) is 20.0 Å². The summed E-state index contributed by atoms with van der Waals surface area (Å²) in [5.74, 6) is 0. The van der Waals surface area contributed by atoms with Gasteiger partial charge in [0.1, 0.15) is 16.0 Å². The smallest absolute Gasteiger partial charge is 0.276 e. The summed E-state index contributed by atoms with van der Waals surface area (Å²) in [6.07, 6.45) is 1.82. The number of benzene rings is 2. The molecular formula is C15H13ClN4O6S2. The molecule has 0 bridgehead atoms. The highest BCUT2D eigenvalue weighted by Crippen LogP contribution is 2.33. The van der Waals surface area contributed by atoms with Crippen molar-refractivity contribution in [3.8, 4) is 0 Å². The average Bonchev–Trinajstić information content (AvgIpc) is 2.57. The van der Waals surface area contributed by atoms with Gasteiger partial charge in [0, 0.05) is 6.07 Å². The van der Waals surface area contributed by atoms with Gasteiger partial charge in [-0.3, -0.25) is 10.1 Å². The molecule has 1 aliphatic heterocycles. The molecule has 10 nitrogen and oxygen atoms in total. The number of nitrogens with two attached hydrogens (primary N) is 1. The lowest BCUT2D eigenvalue weighted by molar-refractivity contribution is -0.385. The van der Waals surface area contributed by atoms with E-state index in [0.29, 0.717) is 0 Å². The zero-order valence-electron chi connectivity index (χ0n) is 13.9. The van der Waals surface area contributed by atoms with Gasteiger partial charge in [-0.2, -0.15) is 4.72 Å². The van der Waals surface area contributed by atoms with Gasteiger partial charge in [0.2, 0.25) is 20.0 Å². The third-order valence-electron chi connectivity index (χ3n) is 3.82. The quantitative estimate of drug-likeness (QED) is 0.476. The van der Waals surface area contributed by atoms with Crippen molar-refractivity contribution in [2.45, 2.75) is 16.0 Å². The number of nitro groups is 1. The van der Waals surface area contributed by atoms with E-state index in [9.17, 15) is 26.9 Å². The number of nitrogens with one attached hydrogen (secondary N) is 2. The molecule has 4 N–H and O–H groups in total. The van der Waals surface area contributed by atoms with Crippen LogP contribution in [0.3, 0.4) is 0 Å². The van der Waals surface area contributed by atoms with Crippen LogP contribution in [0.5, 0.6) is 0 Å². The van der Waals surface area contributed by atoms with E-state index in [0.717, 1.165) is 12.1 Å². The van der Waals surface area contributed by atoms with E-state index < -0.39 is 36.0 Å². The molecule has 0 saturated heterocycles. The van der Waals surface area contributed by atoms with Crippen LogP contribution in [0.25, 0.3) is 6.08 Å². The van der Waals surface area contributed by atoms with Crippen molar-refractivity contribution in [1.82, 2.24) is 4.72 Å². The van der Waals surface area contributed by atoms with Gasteiger partial charge in [0.25, 0.3) is 5.69 Å². The normalized spacial score (nSPS) is 18.4. The second-order valence-corrected chi connectivity index (χ2v) is 9.36. The van der Waals surface area contributed by atoms with E-state index >= 15 is 0 Å². The highest BCUT2D eigenvalue weighted by Gasteiger charge is 2.31. The molecule has 148 valence electrons. The van der Waals surface area contributed by atoms with Crippen molar-refractivity contribution in [3.05, 3.63) is 63.2 Å². The van der Waals surface area contributed by atoms with Crippen LogP contribution >= 0.6 is 11.6 Å². The van der Waals surface area contributed by atoms with Crippen molar-refractivity contribution in [2.75, 3.05) is 5.32 Å². The van der Waals surface area contributed by atoms with Gasteiger partial charge in [-0.15, -0.1) is 0 Å². The Morgan fingerprint density at radius 2 is 1.93 bits per heavy atom. The molecule has 0 amide bonds. The summed E-state index contributed by atoms with van der Waals surface area (Å²) in [6, 6.07) is 7.95.